The van der Waals surface area contributed by atoms with E-state index in [0.29, 0.717) is 25.4 Å². The molecule has 8 nitrogen and oxygen atoms in total. The zero-order valence-electron chi connectivity index (χ0n) is 18.8. The fourth-order valence-electron chi connectivity index (χ4n) is 3.06. The first-order valence-electron chi connectivity index (χ1n) is 10.4. The summed E-state index contributed by atoms with van der Waals surface area (Å²) in [4.78, 5) is 12.7. The quantitative estimate of drug-likeness (QED) is 0.527. The normalized spacial score (nSPS) is 12.0. The molecule has 0 atom stereocenters. The van der Waals surface area contributed by atoms with E-state index in [-0.39, 0.29) is 27.7 Å². The van der Waals surface area contributed by atoms with Gasteiger partial charge in [0, 0.05) is 19.5 Å². The number of sulfonamides is 1. The third-order valence-electron chi connectivity index (χ3n) is 4.85. The summed E-state index contributed by atoms with van der Waals surface area (Å²) in [5.74, 6) is -0.622. The van der Waals surface area contributed by atoms with E-state index >= 15 is 0 Å². The number of nitrogens with zero attached hydrogens (tertiary/aromatic N) is 1. The molecule has 1 N–H and O–H groups in total. The number of ether oxygens (including phenoxy) is 1. The van der Waals surface area contributed by atoms with Crippen LogP contribution < -0.4 is 10.1 Å². The van der Waals surface area contributed by atoms with Gasteiger partial charge in [-0.1, -0.05) is 31.5 Å². The molecular weight excluding hydrogens is 452 g/mol. The smallest absolute Gasteiger partial charge is 0.243 e. The minimum atomic E-state index is -3.74. The van der Waals surface area contributed by atoms with Gasteiger partial charge in [0.05, 0.1) is 27.8 Å². The Morgan fingerprint density at radius 1 is 0.938 bits per heavy atom. The SMILES string of the molecule is CCOc1ccc(S(=O)(=O)N(CC)CC)cc1NC(=O)CCS(=O)(=O)c1ccc(C)cc1. The number of carbonyl (C=O) groups is 1. The number of carbonyl (C=O) groups excluding carboxylic acids is 1. The summed E-state index contributed by atoms with van der Waals surface area (Å²) in [6, 6.07) is 10.7. The Labute approximate surface area is 190 Å². The first-order chi connectivity index (χ1) is 15.0. The molecule has 0 bridgehead atoms. The Hall–Kier alpha value is -2.43. The van der Waals surface area contributed by atoms with Crippen molar-refractivity contribution < 1.29 is 26.4 Å². The van der Waals surface area contributed by atoms with Crippen molar-refractivity contribution in [3.8, 4) is 5.75 Å². The van der Waals surface area contributed by atoms with Crippen LogP contribution in [0.1, 0.15) is 32.8 Å². The van der Waals surface area contributed by atoms with E-state index in [4.69, 9.17) is 4.74 Å². The van der Waals surface area contributed by atoms with Crippen LogP contribution in [-0.2, 0) is 24.7 Å². The third-order valence-corrected chi connectivity index (χ3v) is 8.62. The summed E-state index contributed by atoms with van der Waals surface area (Å²) < 4.78 is 57.5. The maximum atomic E-state index is 12.8. The lowest BCUT2D eigenvalue weighted by atomic mass is 10.2. The monoisotopic (exact) mass is 482 g/mol. The Bertz CT molecular complexity index is 1140. The average Bonchev–Trinajstić information content (AvgIpc) is 2.74. The molecule has 1 amide bonds. The summed E-state index contributed by atoms with van der Waals surface area (Å²) in [6.07, 6.45) is -0.283. The summed E-state index contributed by atoms with van der Waals surface area (Å²) >= 11 is 0. The minimum absolute atomic E-state index is 0.0206. The number of anilines is 1. The third kappa shape index (κ3) is 6.30. The van der Waals surface area contributed by atoms with Gasteiger partial charge in [-0.25, -0.2) is 16.8 Å². The van der Waals surface area contributed by atoms with E-state index in [1.807, 2.05) is 6.92 Å². The number of hydrogen-bond donors (Lipinski definition) is 1. The zero-order valence-corrected chi connectivity index (χ0v) is 20.4. The number of rotatable bonds is 11. The second-order valence-corrected chi connectivity index (χ2v) is 11.2. The topological polar surface area (TPSA) is 110 Å². The van der Waals surface area contributed by atoms with Crippen molar-refractivity contribution in [3.05, 3.63) is 48.0 Å². The molecule has 10 heteroatoms. The van der Waals surface area contributed by atoms with Crippen molar-refractivity contribution in [1.29, 1.82) is 0 Å². The van der Waals surface area contributed by atoms with Crippen LogP contribution in [-0.4, -0.2) is 52.5 Å². The van der Waals surface area contributed by atoms with Crippen LogP contribution in [0.4, 0.5) is 5.69 Å². The second-order valence-electron chi connectivity index (χ2n) is 7.11. The molecule has 0 aliphatic heterocycles. The van der Waals surface area contributed by atoms with Crippen molar-refractivity contribution in [3.63, 3.8) is 0 Å². The van der Waals surface area contributed by atoms with Gasteiger partial charge in [-0.15, -0.1) is 0 Å². The molecule has 2 aromatic carbocycles. The highest BCUT2D eigenvalue weighted by Crippen LogP contribution is 2.29. The van der Waals surface area contributed by atoms with Crippen molar-refractivity contribution in [2.45, 2.75) is 43.9 Å². The van der Waals surface area contributed by atoms with E-state index in [1.165, 1.54) is 34.6 Å². The standard InChI is InChI=1S/C22H30N2O6S2/c1-5-24(6-2)32(28,29)19-12-13-21(30-7-3)20(16-19)23-22(25)14-15-31(26,27)18-10-8-17(4)9-11-18/h8-13,16H,5-7,14-15H2,1-4H3,(H,23,25). The van der Waals surface area contributed by atoms with Gasteiger partial charge in [-0.3, -0.25) is 4.79 Å². The van der Waals surface area contributed by atoms with Gasteiger partial charge >= 0.3 is 0 Å². The lowest BCUT2D eigenvalue weighted by Crippen LogP contribution is -2.30. The molecule has 0 saturated heterocycles. The second kappa shape index (κ2) is 10.9. The molecule has 2 aromatic rings. The van der Waals surface area contributed by atoms with Crippen molar-refractivity contribution in [2.24, 2.45) is 0 Å². The van der Waals surface area contributed by atoms with Gasteiger partial charge in [0.25, 0.3) is 0 Å². The molecule has 0 aliphatic rings. The van der Waals surface area contributed by atoms with E-state index in [1.54, 1.807) is 32.9 Å². The molecule has 0 fully saturated rings. The van der Waals surface area contributed by atoms with E-state index < -0.39 is 25.8 Å². The van der Waals surface area contributed by atoms with Crippen LogP contribution in [0.5, 0.6) is 5.75 Å². The summed E-state index contributed by atoms with van der Waals surface area (Å²) in [5, 5.41) is 2.60. The first-order valence-corrected chi connectivity index (χ1v) is 13.5. The van der Waals surface area contributed by atoms with Crippen LogP contribution in [0.15, 0.2) is 52.3 Å². The maximum Gasteiger partial charge on any atom is 0.243 e. The number of hydrogen-bond acceptors (Lipinski definition) is 6. The molecule has 0 aromatic heterocycles. The van der Waals surface area contributed by atoms with Crippen LogP contribution >= 0.6 is 0 Å². The molecule has 2 rings (SSSR count). The molecule has 0 saturated carbocycles. The predicted octanol–water partition coefficient (Wildman–Crippen LogP) is 3.23. The number of nitrogens with one attached hydrogen (secondary N) is 1. The predicted molar refractivity (Wildman–Crippen MR) is 124 cm³/mol. The molecule has 32 heavy (non-hydrogen) atoms. The fraction of sp³-hybridized carbons (Fsp3) is 0.409. The number of aryl methyl sites for hydroxylation is 1. The molecule has 0 heterocycles. The van der Waals surface area contributed by atoms with Crippen LogP contribution in [0.2, 0.25) is 0 Å². The Balaban J connectivity index is 2.22. The number of amides is 1. The van der Waals surface area contributed by atoms with Gasteiger partial charge in [0.2, 0.25) is 15.9 Å². The Morgan fingerprint density at radius 2 is 1.53 bits per heavy atom. The van der Waals surface area contributed by atoms with Gasteiger partial charge in [0.15, 0.2) is 9.84 Å². The maximum absolute atomic E-state index is 12.8. The molecule has 0 spiro atoms. The molecule has 0 aliphatic carbocycles. The number of sulfone groups is 1. The highest BCUT2D eigenvalue weighted by molar-refractivity contribution is 7.91. The minimum Gasteiger partial charge on any atom is -0.492 e. The summed E-state index contributed by atoms with van der Waals surface area (Å²) in [7, 11) is -7.36. The van der Waals surface area contributed by atoms with Gasteiger partial charge in [-0.2, -0.15) is 4.31 Å². The van der Waals surface area contributed by atoms with Gasteiger partial charge in [-0.05, 0) is 44.2 Å². The molecule has 176 valence electrons. The Kier molecular flexibility index (Phi) is 8.82. The molecular formula is C22H30N2O6S2. The highest BCUT2D eigenvalue weighted by Gasteiger charge is 2.24. The van der Waals surface area contributed by atoms with E-state index in [2.05, 4.69) is 5.32 Å². The lowest BCUT2D eigenvalue weighted by molar-refractivity contribution is -0.115. The van der Waals surface area contributed by atoms with Gasteiger partial charge < -0.3 is 10.1 Å². The van der Waals surface area contributed by atoms with Crippen LogP contribution in [0.3, 0.4) is 0 Å². The van der Waals surface area contributed by atoms with Crippen molar-refractivity contribution >= 4 is 31.5 Å². The summed E-state index contributed by atoms with van der Waals surface area (Å²) in [5.41, 5.74) is 1.11. The summed E-state index contributed by atoms with van der Waals surface area (Å²) in [6.45, 7) is 8.04. The highest BCUT2D eigenvalue weighted by atomic mass is 32.2. The first kappa shape index (κ1) is 25.8. The zero-order chi connectivity index (χ0) is 23.9. The van der Waals surface area contributed by atoms with Crippen LogP contribution in [0, 0.1) is 6.92 Å². The van der Waals surface area contributed by atoms with Crippen LogP contribution in [0.25, 0.3) is 0 Å². The molecule has 0 unspecified atom stereocenters. The van der Waals surface area contributed by atoms with Crippen molar-refractivity contribution in [2.75, 3.05) is 30.8 Å². The number of benzene rings is 2. The molecule has 0 radical (unpaired) electrons. The Morgan fingerprint density at radius 3 is 2.09 bits per heavy atom. The lowest BCUT2D eigenvalue weighted by Gasteiger charge is -2.20. The van der Waals surface area contributed by atoms with E-state index in [0.717, 1.165) is 5.56 Å². The van der Waals surface area contributed by atoms with Crippen molar-refractivity contribution in [1.82, 2.24) is 4.31 Å². The average molecular weight is 483 g/mol. The van der Waals surface area contributed by atoms with Gasteiger partial charge in [0.1, 0.15) is 5.75 Å². The largest absolute Gasteiger partial charge is 0.492 e. The van der Waals surface area contributed by atoms with E-state index in [9.17, 15) is 21.6 Å². The fourth-order valence-corrected chi connectivity index (χ4v) is 5.79.